The fraction of sp³-hybridized carbons (Fsp3) is 0.300. The van der Waals surface area contributed by atoms with Crippen LogP contribution >= 0.6 is 12.6 Å². The molecule has 1 aromatic rings. The van der Waals surface area contributed by atoms with Crippen LogP contribution in [0.15, 0.2) is 24.3 Å². The molecule has 0 saturated heterocycles. The number of halogens is 3. The second kappa shape index (κ2) is 5.25. The first kappa shape index (κ1) is 12.9. The molecule has 1 amide bonds. The second-order valence-corrected chi connectivity index (χ2v) is 3.45. The largest absolute Gasteiger partial charge is 0.416 e. The summed E-state index contributed by atoms with van der Waals surface area (Å²) in [4.78, 5) is 10.9. The van der Waals surface area contributed by atoms with E-state index in [9.17, 15) is 18.0 Å². The molecule has 16 heavy (non-hydrogen) atoms. The van der Waals surface area contributed by atoms with Crippen LogP contribution in [0.25, 0.3) is 0 Å². The molecule has 0 aliphatic heterocycles. The lowest BCUT2D eigenvalue weighted by Gasteiger charge is -2.09. The minimum Gasteiger partial charge on any atom is -0.351 e. The number of amides is 1. The normalized spacial score (nSPS) is 11.2. The van der Waals surface area contributed by atoms with Crippen molar-refractivity contribution in [2.45, 2.75) is 12.7 Å². The van der Waals surface area contributed by atoms with Gasteiger partial charge in [-0.15, -0.1) is 0 Å². The van der Waals surface area contributed by atoms with Crippen molar-refractivity contribution in [1.29, 1.82) is 0 Å². The molecule has 0 aliphatic rings. The Kier molecular flexibility index (Phi) is 4.23. The molecule has 1 rings (SSSR count). The standard InChI is InChI=1S/C10H10F3NOS/c11-10(12,13)8-3-1-2-7(4-8)5-14-9(15)6-16/h1-4,16H,5-6H2,(H,14,15). The predicted molar refractivity (Wildman–Crippen MR) is 57.1 cm³/mol. The van der Waals surface area contributed by atoms with Crippen molar-refractivity contribution in [3.63, 3.8) is 0 Å². The molecule has 0 fully saturated rings. The molecule has 0 heterocycles. The van der Waals surface area contributed by atoms with Crippen LogP contribution < -0.4 is 5.32 Å². The van der Waals surface area contributed by atoms with Gasteiger partial charge in [0.2, 0.25) is 5.91 Å². The number of hydrogen-bond acceptors (Lipinski definition) is 2. The minimum atomic E-state index is -4.36. The smallest absolute Gasteiger partial charge is 0.351 e. The zero-order chi connectivity index (χ0) is 12.2. The number of carbonyl (C=O) groups is 1. The van der Waals surface area contributed by atoms with Gasteiger partial charge in [0.25, 0.3) is 0 Å². The van der Waals surface area contributed by atoms with Crippen LogP contribution in [0.2, 0.25) is 0 Å². The Balaban J connectivity index is 2.72. The Bertz CT molecular complexity index is 379. The van der Waals surface area contributed by atoms with E-state index in [4.69, 9.17) is 0 Å². The van der Waals surface area contributed by atoms with Crippen molar-refractivity contribution in [3.8, 4) is 0 Å². The molecule has 0 radical (unpaired) electrons. The molecular weight excluding hydrogens is 239 g/mol. The molecule has 0 aromatic heterocycles. The summed E-state index contributed by atoms with van der Waals surface area (Å²) in [5.41, 5.74) is -0.310. The number of alkyl halides is 3. The SMILES string of the molecule is O=C(CS)NCc1cccc(C(F)(F)F)c1. The summed E-state index contributed by atoms with van der Waals surface area (Å²) in [5.74, 6) is -0.306. The summed E-state index contributed by atoms with van der Waals surface area (Å²) in [6.07, 6.45) is -4.36. The van der Waals surface area contributed by atoms with E-state index in [1.165, 1.54) is 12.1 Å². The maximum absolute atomic E-state index is 12.3. The number of nitrogens with one attached hydrogen (secondary N) is 1. The summed E-state index contributed by atoms with van der Waals surface area (Å²) in [7, 11) is 0. The highest BCUT2D eigenvalue weighted by Gasteiger charge is 2.30. The van der Waals surface area contributed by atoms with Crippen LogP contribution in [-0.4, -0.2) is 11.7 Å². The number of benzene rings is 1. The van der Waals surface area contributed by atoms with Crippen molar-refractivity contribution in [3.05, 3.63) is 35.4 Å². The minimum absolute atomic E-state index is 0.0129. The van der Waals surface area contributed by atoms with Gasteiger partial charge in [-0.1, -0.05) is 12.1 Å². The predicted octanol–water partition coefficient (Wildman–Crippen LogP) is 2.25. The quantitative estimate of drug-likeness (QED) is 0.790. The molecule has 0 atom stereocenters. The third-order valence-corrected chi connectivity index (χ3v) is 2.17. The monoisotopic (exact) mass is 249 g/mol. The van der Waals surface area contributed by atoms with Crippen LogP contribution in [0.3, 0.4) is 0 Å². The first-order chi connectivity index (χ1) is 7.43. The zero-order valence-corrected chi connectivity index (χ0v) is 9.11. The zero-order valence-electron chi connectivity index (χ0n) is 8.21. The lowest BCUT2D eigenvalue weighted by Crippen LogP contribution is -2.23. The van der Waals surface area contributed by atoms with Crippen molar-refractivity contribution < 1.29 is 18.0 Å². The Morgan fingerprint density at radius 3 is 2.62 bits per heavy atom. The van der Waals surface area contributed by atoms with Gasteiger partial charge < -0.3 is 5.32 Å². The van der Waals surface area contributed by atoms with Gasteiger partial charge in [-0.05, 0) is 17.7 Å². The molecule has 1 N–H and O–H groups in total. The molecule has 2 nitrogen and oxygen atoms in total. The van der Waals surface area contributed by atoms with Crippen molar-refractivity contribution in [1.82, 2.24) is 5.32 Å². The average molecular weight is 249 g/mol. The second-order valence-electron chi connectivity index (χ2n) is 3.13. The molecule has 6 heteroatoms. The number of thiol groups is 1. The van der Waals surface area contributed by atoms with Gasteiger partial charge in [0.1, 0.15) is 0 Å². The summed E-state index contributed by atoms with van der Waals surface area (Å²) < 4.78 is 37.0. The maximum Gasteiger partial charge on any atom is 0.416 e. The number of hydrogen-bond donors (Lipinski definition) is 2. The summed E-state index contributed by atoms with van der Waals surface area (Å²) >= 11 is 3.74. The van der Waals surface area contributed by atoms with E-state index in [0.717, 1.165) is 12.1 Å². The highest BCUT2D eigenvalue weighted by Crippen LogP contribution is 2.29. The highest BCUT2D eigenvalue weighted by atomic mass is 32.1. The molecule has 0 aliphatic carbocycles. The maximum atomic E-state index is 12.3. The van der Waals surface area contributed by atoms with E-state index in [1.54, 1.807) is 0 Å². The molecule has 1 aromatic carbocycles. The van der Waals surface area contributed by atoms with Crippen molar-refractivity contribution >= 4 is 18.5 Å². The van der Waals surface area contributed by atoms with Gasteiger partial charge in [0.05, 0.1) is 11.3 Å². The van der Waals surface area contributed by atoms with Gasteiger partial charge >= 0.3 is 6.18 Å². The van der Waals surface area contributed by atoms with Crippen LogP contribution in [0.1, 0.15) is 11.1 Å². The van der Waals surface area contributed by atoms with E-state index in [0.29, 0.717) is 5.56 Å². The summed E-state index contributed by atoms with van der Waals surface area (Å²) in [5, 5.41) is 2.44. The molecule has 0 saturated carbocycles. The van der Waals surface area contributed by atoms with Crippen molar-refractivity contribution in [2.75, 3.05) is 5.75 Å². The Morgan fingerprint density at radius 1 is 1.38 bits per heavy atom. The van der Waals surface area contributed by atoms with E-state index >= 15 is 0 Å². The van der Waals surface area contributed by atoms with Gasteiger partial charge in [-0.25, -0.2) is 0 Å². The first-order valence-electron chi connectivity index (χ1n) is 4.47. The summed E-state index contributed by atoms with van der Waals surface area (Å²) in [6, 6.07) is 4.84. The highest BCUT2D eigenvalue weighted by molar-refractivity contribution is 7.81. The molecule has 88 valence electrons. The molecule has 0 spiro atoms. The third kappa shape index (κ3) is 3.77. The van der Waals surface area contributed by atoms with E-state index in [1.807, 2.05) is 0 Å². The summed E-state index contributed by atoms with van der Waals surface area (Å²) in [6.45, 7) is 0.0727. The molecular formula is C10H10F3NOS. The van der Waals surface area contributed by atoms with E-state index in [-0.39, 0.29) is 18.2 Å². The molecule has 0 unspecified atom stereocenters. The van der Waals surface area contributed by atoms with E-state index in [2.05, 4.69) is 17.9 Å². The third-order valence-electron chi connectivity index (χ3n) is 1.89. The van der Waals surface area contributed by atoms with Crippen LogP contribution in [0.4, 0.5) is 13.2 Å². The Labute approximate surface area is 96.3 Å². The lowest BCUT2D eigenvalue weighted by molar-refractivity contribution is -0.137. The first-order valence-corrected chi connectivity index (χ1v) is 5.10. The van der Waals surface area contributed by atoms with Crippen LogP contribution in [-0.2, 0) is 17.5 Å². The van der Waals surface area contributed by atoms with Crippen LogP contribution in [0, 0.1) is 0 Å². The Hall–Kier alpha value is -1.17. The fourth-order valence-electron chi connectivity index (χ4n) is 1.11. The van der Waals surface area contributed by atoms with E-state index < -0.39 is 11.7 Å². The van der Waals surface area contributed by atoms with Gasteiger partial charge in [-0.3, -0.25) is 4.79 Å². The topological polar surface area (TPSA) is 29.1 Å². The van der Waals surface area contributed by atoms with Gasteiger partial charge in [0, 0.05) is 6.54 Å². The average Bonchev–Trinajstić information content (AvgIpc) is 2.25. The van der Waals surface area contributed by atoms with Gasteiger partial charge in [0.15, 0.2) is 0 Å². The Morgan fingerprint density at radius 2 is 2.06 bits per heavy atom. The number of carbonyl (C=O) groups excluding carboxylic acids is 1. The van der Waals surface area contributed by atoms with Gasteiger partial charge in [-0.2, -0.15) is 25.8 Å². The fourth-order valence-corrected chi connectivity index (χ4v) is 1.23. The number of rotatable bonds is 3. The lowest BCUT2D eigenvalue weighted by atomic mass is 10.1. The van der Waals surface area contributed by atoms with Crippen LogP contribution in [0.5, 0.6) is 0 Å². The molecule has 0 bridgehead atoms. The van der Waals surface area contributed by atoms with Crippen molar-refractivity contribution in [2.24, 2.45) is 0 Å².